The molecule has 1 aliphatic heterocycles. The van der Waals surface area contributed by atoms with Crippen LogP contribution in [0.15, 0.2) is 0 Å². The highest BCUT2D eigenvalue weighted by molar-refractivity contribution is 7.91. The molecule has 2 aliphatic rings. The van der Waals surface area contributed by atoms with Gasteiger partial charge in [0.1, 0.15) is 0 Å². The van der Waals surface area contributed by atoms with Crippen molar-refractivity contribution in [3.63, 3.8) is 0 Å². The van der Waals surface area contributed by atoms with Gasteiger partial charge in [0.15, 0.2) is 9.84 Å². The lowest BCUT2D eigenvalue weighted by molar-refractivity contribution is -0.122. The van der Waals surface area contributed by atoms with Gasteiger partial charge in [0, 0.05) is 25.0 Å². The maximum atomic E-state index is 12.1. The molecule has 0 aromatic carbocycles. The van der Waals surface area contributed by atoms with Crippen LogP contribution >= 0.6 is 0 Å². The van der Waals surface area contributed by atoms with Crippen LogP contribution in [0.4, 0.5) is 0 Å². The van der Waals surface area contributed by atoms with Crippen molar-refractivity contribution >= 4 is 15.7 Å². The van der Waals surface area contributed by atoms with E-state index in [2.05, 4.69) is 24.5 Å². The Morgan fingerprint density at radius 1 is 1.20 bits per heavy atom. The van der Waals surface area contributed by atoms with Crippen molar-refractivity contribution in [2.45, 2.75) is 51.6 Å². The van der Waals surface area contributed by atoms with E-state index in [1.165, 1.54) is 6.42 Å². The third-order valence-electron chi connectivity index (χ3n) is 4.28. The Balaban J connectivity index is 1.80. The lowest BCUT2D eigenvalue weighted by atomic mass is 9.80. The molecule has 2 rings (SSSR count). The fraction of sp³-hybridized carbons (Fsp3) is 0.929. The summed E-state index contributed by atoms with van der Waals surface area (Å²) in [5.41, 5.74) is 0. The molecule has 2 N–H and O–H groups in total. The third kappa shape index (κ3) is 4.74. The van der Waals surface area contributed by atoms with Crippen molar-refractivity contribution < 1.29 is 13.2 Å². The van der Waals surface area contributed by atoms with Gasteiger partial charge in [-0.1, -0.05) is 13.8 Å². The van der Waals surface area contributed by atoms with Crippen LogP contribution in [0.1, 0.15) is 39.5 Å². The van der Waals surface area contributed by atoms with Gasteiger partial charge < -0.3 is 10.6 Å². The molecule has 5 nitrogen and oxygen atoms in total. The summed E-state index contributed by atoms with van der Waals surface area (Å²) in [6.07, 6.45) is 3.56. The zero-order valence-corrected chi connectivity index (χ0v) is 13.2. The molecule has 1 saturated carbocycles. The lowest BCUT2D eigenvalue weighted by Crippen LogP contribution is -2.48. The summed E-state index contributed by atoms with van der Waals surface area (Å²) < 4.78 is 23.1. The highest BCUT2D eigenvalue weighted by atomic mass is 32.2. The Kier molecular flexibility index (Phi) is 5.07. The van der Waals surface area contributed by atoms with Crippen LogP contribution in [0.2, 0.25) is 0 Å². The van der Waals surface area contributed by atoms with Crippen LogP contribution in [0.25, 0.3) is 0 Å². The van der Waals surface area contributed by atoms with E-state index in [1.807, 2.05) is 0 Å². The fourth-order valence-corrected chi connectivity index (χ4v) is 5.02. The molecule has 0 aromatic heterocycles. The van der Waals surface area contributed by atoms with Crippen LogP contribution in [-0.2, 0) is 14.6 Å². The maximum Gasteiger partial charge on any atom is 0.221 e. The molecule has 0 spiro atoms. The summed E-state index contributed by atoms with van der Waals surface area (Å²) in [7, 11) is -2.97. The Morgan fingerprint density at radius 3 is 2.45 bits per heavy atom. The van der Waals surface area contributed by atoms with E-state index in [9.17, 15) is 13.2 Å². The molecule has 1 aliphatic carbocycles. The van der Waals surface area contributed by atoms with E-state index >= 15 is 0 Å². The minimum atomic E-state index is -2.97. The molecule has 1 heterocycles. The zero-order chi connectivity index (χ0) is 14.8. The second-order valence-electron chi connectivity index (χ2n) is 6.65. The van der Waals surface area contributed by atoms with Crippen LogP contribution in [0.3, 0.4) is 0 Å². The molecule has 0 bridgehead atoms. The Morgan fingerprint density at radius 2 is 1.85 bits per heavy atom. The SMILES string of the molecule is CC1CC(C)CC(NC(=O)CC2CS(=O)(=O)CCN2)C1. The van der Waals surface area contributed by atoms with Crippen molar-refractivity contribution in [2.75, 3.05) is 18.1 Å². The van der Waals surface area contributed by atoms with Crippen molar-refractivity contribution in [1.82, 2.24) is 10.6 Å². The first-order valence-corrected chi connectivity index (χ1v) is 9.39. The van der Waals surface area contributed by atoms with E-state index in [0.717, 1.165) is 12.8 Å². The van der Waals surface area contributed by atoms with Crippen molar-refractivity contribution in [3.05, 3.63) is 0 Å². The third-order valence-corrected chi connectivity index (χ3v) is 6.01. The van der Waals surface area contributed by atoms with E-state index < -0.39 is 9.84 Å². The quantitative estimate of drug-likeness (QED) is 0.805. The minimum Gasteiger partial charge on any atom is -0.353 e. The van der Waals surface area contributed by atoms with E-state index in [0.29, 0.717) is 18.4 Å². The monoisotopic (exact) mass is 302 g/mol. The molecule has 0 radical (unpaired) electrons. The second-order valence-corrected chi connectivity index (χ2v) is 8.88. The topological polar surface area (TPSA) is 75.3 Å². The molecule has 0 aromatic rings. The highest BCUT2D eigenvalue weighted by Crippen LogP contribution is 2.28. The second kappa shape index (κ2) is 6.43. The van der Waals surface area contributed by atoms with Crippen LogP contribution in [0, 0.1) is 11.8 Å². The van der Waals surface area contributed by atoms with Gasteiger partial charge in [-0.3, -0.25) is 4.79 Å². The molecule has 6 heteroatoms. The van der Waals surface area contributed by atoms with E-state index in [1.54, 1.807) is 0 Å². The number of sulfone groups is 1. The maximum absolute atomic E-state index is 12.1. The summed E-state index contributed by atoms with van der Waals surface area (Å²) in [6, 6.07) is 0.0219. The number of nitrogens with one attached hydrogen (secondary N) is 2. The summed E-state index contributed by atoms with van der Waals surface area (Å²) in [5.74, 6) is 1.54. The number of amides is 1. The number of rotatable bonds is 3. The first-order valence-electron chi connectivity index (χ1n) is 7.57. The fourth-order valence-electron chi connectivity index (χ4n) is 3.57. The van der Waals surface area contributed by atoms with Gasteiger partial charge in [-0.15, -0.1) is 0 Å². The standard InChI is InChI=1S/C14H26N2O3S/c1-10-5-11(2)7-12(6-10)16-14(17)8-13-9-20(18,19)4-3-15-13/h10-13,15H,3-9H2,1-2H3,(H,16,17). The van der Waals surface area contributed by atoms with Gasteiger partial charge in [-0.2, -0.15) is 0 Å². The molecule has 2 fully saturated rings. The number of hydrogen-bond donors (Lipinski definition) is 2. The van der Waals surface area contributed by atoms with E-state index in [4.69, 9.17) is 0 Å². The number of hydrogen-bond acceptors (Lipinski definition) is 4. The van der Waals surface area contributed by atoms with Crippen LogP contribution < -0.4 is 10.6 Å². The van der Waals surface area contributed by atoms with Gasteiger partial charge >= 0.3 is 0 Å². The van der Waals surface area contributed by atoms with Gasteiger partial charge in [0.05, 0.1) is 11.5 Å². The largest absolute Gasteiger partial charge is 0.353 e. The van der Waals surface area contributed by atoms with Crippen molar-refractivity contribution in [3.8, 4) is 0 Å². The molecular weight excluding hydrogens is 276 g/mol. The Hall–Kier alpha value is -0.620. The Bertz CT molecular complexity index is 439. The molecule has 116 valence electrons. The zero-order valence-electron chi connectivity index (χ0n) is 12.4. The molecule has 3 atom stereocenters. The number of carbonyl (C=O) groups excluding carboxylic acids is 1. The van der Waals surface area contributed by atoms with E-state index in [-0.39, 0.29) is 35.9 Å². The lowest BCUT2D eigenvalue weighted by Gasteiger charge is -2.32. The van der Waals surface area contributed by atoms with Crippen molar-refractivity contribution in [2.24, 2.45) is 11.8 Å². The van der Waals surface area contributed by atoms with Gasteiger partial charge in [0.2, 0.25) is 5.91 Å². The molecule has 3 unspecified atom stereocenters. The normalized spacial score (nSPS) is 37.3. The smallest absolute Gasteiger partial charge is 0.221 e. The first-order chi connectivity index (χ1) is 9.34. The predicted octanol–water partition coefficient (Wildman–Crippen LogP) is 0.704. The predicted molar refractivity (Wildman–Crippen MR) is 79.2 cm³/mol. The number of carbonyl (C=O) groups is 1. The average molecular weight is 302 g/mol. The highest BCUT2D eigenvalue weighted by Gasteiger charge is 2.28. The Labute approximate surface area is 121 Å². The summed E-state index contributed by atoms with van der Waals surface area (Å²) in [6.45, 7) is 4.91. The first kappa shape index (κ1) is 15.8. The molecule has 20 heavy (non-hydrogen) atoms. The minimum absolute atomic E-state index is 0.0223. The van der Waals surface area contributed by atoms with Crippen LogP contribution in [0.5, 0.6) is 0 Å². The summed E-state index contributed by atoms with van der Waals surface area (Å²) >= 11 is 0. The summed E-state index contributed by atoms with van der Waals surface area (Å²) in [4.78, 5) is 12.1. The molecule has 1 amide bonds. The average Bonchev–Trinajstić information content (AvgIpc) is 2.25. The van der Waals surface area contributed by atoms with Crippen LogP contribution in [-0.4, -0.2) is 44.5 Å². The van der Waals surface area contributed by atoms with Crippen molar-refractivity contribution in [1.29, 1.82) is 0 Å². The molecule has 1 saturated heterocycles. The van der Waals surface area contributed by atoms with Gasteiger partial charge in [0.25, 0.3) is 0 Å². The molecular formula is C14H26N2O3S. The van der Waals surface area contributed by atoms with Gasteiger partial charge in [-0.25, -0.2) is 8.42 Å². The van der Waals surface area contributed by atoms with Gasteiger partial charge in [-0.05, 0) is 31.1 Å². The summed E-state index contributed by atoms with van der Waals surface area (Å²) in [5, 5.41) is 6.20.